The lowest BCUT2D eigenvalue weighted by Gasteiger charge is -2.38. The molecule has 0 atom stereocenters. The number of fused-ring (bicyclic) bond motifs is 2. The van der Waals surface area contributed by atoms with E-state index in [2.05, 4.69) is 53.9 Å². The van der Waals surface area contributed by atoms with Crippen LogP contribution in [0.2, 0.25) is 0 Å². The van der Waals surface area contributed by atoms with Gasteiger partial charge in [-0.15, -0.1) is 0 Å². The average Bonchev–Trinajstić information content (AvgIpc) is 3.91. The van der Waals surface area contributed by atoms with E-state index >= 15 is 0 Å². The third-order valence-electron chi connectivity index (χ3n) is 12.5. The number of pyridine rings is 1. The Morgan fingerprint density at radius 1 is 0.818 bits per heavy atom. The van der Waals surface area contributed by atoms with Crippen molar-refractivity contribution in [2.24, 2.45) is 0 Å². The fourth-order valence-corrected chi connectivity index (χ4v) is 9.44. The second-order valence-corrected chi connectivity index (χ2v) is 16.0. The molecule has 0 radical (unpaired) electrons. The maximum Gasteiger partial charge on any atom is 0.337 e. The van der Waals surface area contributed by atoms with E-state index in [1.165, 1.54) is 46.4 Å². The minimum absolute atomic E-state index is 0.0533. The van der Waals surface area contributed by atoms with Crippen LogP contribution in [0.4, 0.5) is 4.39 Å². The molecular weight excluding hydrogens is 696 g/mol. The van der Waals surface area contributed by atoms with Crippen LogP contribution < -0.4 is 16.6 Å². The number of aromatic nitrogens is 5. The van der Waals surface area contributed by atoms with Crippen LogP contribution in [0.3, 0.4) is 0 Å². The van der Waals surface area contributed by atoms with Crippen LogP contribution >= 0.6 is 0 Å². The molecule has 5 aromatic rings. The minimum Gasteiger partial charge on any atom is -0.348 e. The lowest BCUT2D eigenvalue weighted by Crippen LogP contribution is -2.49. The van der Waals surface area contributed by atoms with Crippen molar-refractivity contribution in [1.82, 2.24) is 38.8 Å². The van der Waals surface area contributed by atoms with Gasteiger partial charge in [0.2, 0.25) is 0 Å². The van der Waals surface area contributed by atoms with Crippen molar-refractivity contribution in [2.75, 3.05) is 26.2 Å². The Morgan fingerprint density at radius 2 is 1.60 bits per heavy atom. The molecule has 11 nitrogen and oxygen atoms in total. The number of rotatable bonds is 8. The SMILES string of the molecule is O=C(N[C@H]1CC[C@@H](n2c(=O)c3cc(F)cnc3n(-c3cccc(-c4ccc(CN5CCN(C6CCCC6)CC5)cc4)c3)c2=O)CC1)c1cn2c(n1)CCCC2. The third kappa shape index (κ3) is 7.29. The van der Waals surface area contributed by atoms with Gasteiger partial charge in [-0.2, -0.15) is 0 Å². The molecule has 3 aromatic heterocycles. The first-order valence-electron chi connectivity index (χ1n) is 20.2. The van der Waals surface area contributed by atoms with Crippen LogP contribution in [0.1, 0.15) is 92.1 Å². The summed E-state index contributed by atoms with van der Waals surface area (Å²) in [5.41, 5.74) is 3.25. The standard InChI is InChI=1S/C43H49FN8O3/c44-32-25-37-40(45-26-32)51(43(55)52(42(37)54)35-17-15-33(16-18-35)46-41(53)38-28-50-19-4-3-10-39(50)47-38)36-9-5-6-31(24-36)30-13-11-29(12-14-30)27-48-20-22-49(23-21-48)34-7-1-2-8-34/h5-6,9,11-14,24-26,28,33-35H,1-4,7-8,10,15-23,27H2,(H,46,53)/t33-,35+. The largest absolute Gasteiger partial charge is 0.348 e. The highest BCUT2D eigenvalue weighted by molar-refractivity contribution is 5.92. The van der Waals surface area contributed by atoms with E-state index in [0.717, 1.165) is 87.7 Å². The number of amides is 1. The Bertz CT molecular complexity index is 2290. The molecule has 12 heteroatoms. The summed E-state index contributed by atoms with van der Waals surface area (Å²) in [5.74, 6) is 0.119. The van der Waals surface area contributed by atoms with E-state index in [4.69, 9.17) is 0 Å². The van der Waals surface area contributed by atoms with Crippen LogP contribution in [0.25, 0.3) is 27.8 Å². The lowest BCUT2D eigenvalue weighted by atomic mass is 9.90. The predicted molar refractivity (Wildman–Crippen MR) is 210 cm³/mol. The number of nitrogens with one attached hydrogen (secondary N) is 1. The number of carbonyl (C=O) groups excluding carboxylic acids is 1. The van der Waals surface area contributed by atoms with Crippen molar-refractivity contribution in [3.05, 3.63) is 111 Å². The Balaban J connectivity index is 0.926. The number of aryl methyl sites for hydroxylation is 2. The number of imidazole rings is 1. The van der Waals surface area contributed by atoms with Gasteiger partial charge < -0.3 is 9.88 Å². The molecule has 5 heterocycles. The van der Waals surface area contributed by atoms with Crippen LogP contribution in [-0.2, 0) is 19.5 Å². The van der Waals surface area contributed by atoms with Gasteiger partial charge in [0, 0.05) is 70.0 Å². The number of piperazine rings is 1. The van der Waals surface area contributed by atoms with E-state index in [1.54, 1.807) is 0 Å². The molecule has 55 heavy (non-hydrogen) atoms. The minimum atomic E-state index is -0.640. The Hall–Kier alpha value is -4.94. The first-order valence-corrected chi connectivity index (χ1v) is 20.2. The lowest BCUT2D eigenvalue weighted by molar-refractivity contribution is 0.0917. The number of hydrogen-bond acceptors (Lipinski definition) is 7. The molecule has 1 saturated heterocycles. The Morgan fingerprint density at radius 3 is 2.36 bits per heavy atom. The van der Waals surface area contributed by atoms with Crippen LogP contribution in [0.15, 0.2) is 76.6 Å². The van der Waals surface area contributed by atoms with Gasteiger partial charge in [-0.25, -0.2) is 23.7 Å². The molecule has 9 rings (SSSR count). The smallest absolute Gasteiger partial charge is 0.337 e. The van der Waals surface area contributed by atoms with Crippen LogP contribution in [0.5, 0.6) is 0 Å². The van der Waals surface area contributed by atoms with E-state index in [9.17, 15) is 18.8 Å². The number of nitrogens with zero attached hydrogens (tertiary/aromatic N) is 7. The summed E-state index contributed by atoms with van der Waals surface area (Å²) in [6, 6.07) is 17.7. The van der Waals surface area contributed by atoms with Crippen molar-refractivity contribution >= 4 is 16.9 Å². The summed E-state index contributed by atoms with van der Waals surface area (Å²) in [4.78, 5) is 55.5. The molecule has 2 aromatic carbocycles. The highest BCUT2D eigenvalue weighted by atomic mass is 19.1. The topological polar surface area (TPSA) is 110 Å². The number of carbonyl (C=O) groups is 1. The zero-order chi connectivity index (χ0) is 37.5. The fourth-order valence-electron chi connectivity index (χ4n) is 9.44. The quantitative estimate of drug-likeness (QED) is 0.212. The first-order chi connectivity index (χ1) is 26.9. The van der Waals surface area contributed by atoms with Gasteiger partial charge in [-0.3, -0.25) is 24.0 Å². The number of hydrogen-bond donors (Lipinski definition) is 1. The van der Waals surface area contributed by atoms with E-state index in [0.29, 0.717) is 37.1 Å². The van der Waals surface area contributed by atoms with Crippen LogP contribution in [-0.4, -0.2) is 77.6 Å². The third-order valence-corrected chi connectivity index (χ3v) is 12.5. The second kappa shape index (κ2) is 15.3. The molecule has 2 aliphatic carbocycles. The zero-order valence-electron chi connectivity index (χ0n) is 31.3. The number of halogens is 1. The summed E-state index contributed by atoms with van der Waals surface area (Å²) in [6.07, 6.45) is 13.6. The van der Waals surface area contributed by atoms with Gasteiger partial charge in [-0.1, -0.05) is 49.2 Å². The highest BCUT2D eigenvalue weighted by Crippen LogP contribution is 2.29. The van der Waals surface area contributed by atoms with Crippen molar-refractivity contribution < 1.29 is 9.18 Å². The fraction of sp³-hybridized carbons (Fsp3) is 0.465. The summed E-state index contributed by atoms with van der Waals surface area (Å²) in [7, 11) is 0. The summed E-state index contributed by atoms with van der Waals surface area (Å²) >= 11 is 0. The summed E-state index contributed by atoms with van der Waals surface area (Å²) in [6.45, 7) is 6.28. The van der Waals surface area contributed by atoms with Gasteiger partial charge >= 0.3 is 5.69 Å². The maximum absolute atomic E-state index is 14.6. The molecule has 2 aliphatic heterocycles. The predicted octanol–water partition coefficient (Wildman–Crippen LogP) is 5.86. The molecule has 4 aliphatic rings. The van der Waals surface area contributed by atoms with Crippen molar-refractivity contribution in [3.63, 3.8) is 0 Å². The Kier molecular flexibility index (Phi) is 9.94. The zero-order valence-corrected chi connectivity index (χ0v) is 31.3. The van der Waals surface area contributed by atoms with Gasteiger partial charge in [0.1, 0.15) is 17.3 Å². The molecule has 0 bridgehead atoms. The molecule has 1 N–H and O–H groups in total. The average molecular weight is 745 g/mol. The Labute approximate surface area is 319 Å². The van der Waals surface area contributed by atoms with Crippen LogP contribution in [0, 0.1) is 5.82 Å². The monoisotopic (exact) mass is 744 g/mol. The van der Waals surface area contributed by atoms with E-state index in [-0.39, 0.29) is 23.0 Å². The molecule has 2 saturated carbocycles. The molecule has 286 valence electrons. The molecule has 0 unspecified atom stereocenters. The summed E-state index contributed by atoms with van der Waals surface area (Å²) in [5, 5.41) is 3.18. The van der Waals surface area contributed by atoms with Crippen molar-refractivity contribution in [2.45, 2.75) is 102 Å². The number of benzene rings is 2. The normalized spacial score (nSPS) is 21.2. The highest BCUT2D eigenvalue weighted by Gasteiger charge is 2.30. The van der Waals surface area contributed by atoms with Gasteiger partial charge in [0.25, 0.3) is 11.5 Å². The molecule has 1 amide bonds. The van der Waals surface area contributed by atoms with Gasteiger partial charge in [0.15, 0.2) is 5.65 Å². The summed E-state index contributed by atoms with van der Waals surface area (Å²) < 4.78 is 19.4. The molecule has 0 spiro atoms. The first kappa shape index (κ1) is 35.7. The second-order valence-electron chi connectivity index (χ2n) is 16.0. The van der Waals surface area contributed by atoms with Crippen molar-refractivity contribution in [1.29, 1.82) is 0 Å². The van der Waals surface area contributed by atoms with Gasteiger partial charge in [0.05, 0.1) is 17.3 Å². The molecular formula is C43H49FN8O3. The van der Waals surface area contributed by atoms with E-state index in [1.807, 2.05) is 30.5 Å². The molecule has 3 fully saturated rings. The maximum atomic E-state index is 14.6. The van der Waals surface area contributed by atoms with E-state index < -0.39 is 23.1 Å². The van der Waals surface area contributed by atoms with Crippen molar-refractivity contribution in [3.8, 4) is 16.8 Å². The van der Waals surface area contributed by atoms with Gasteiger partial charge in [-0.05, 0) is 86.3 Å².